The first-order valence-electron chi connectivity index (χ1n) is 24.3. The van der Waals surface area contributed by atoms with Crippen LogP contribution in [0, 0.1) is 46.3 Å². The maximum Gasteiger partial charge on any atom is 0.0991 e. The van der Waals surface area contributed by atoms with Gasteiger partial charge in [-0.2, -0.15) is 10.5 Å². The van der Waals surface area contributed by atoms with E-state index in [-0.39, 0.29) is 0 Å². The van der Waals surface area contributed by atoms with Crippen molar-refractivity contribution in [3.05, 3.63) is 131 Å². The number of nitrogens with zero attached hydrogens (tertiary/aromatic N) is 2. The molecule has 3 heteroatoms. The number of unbranched alkanes of at least 4 members (excludes halogenated alkanes) is 8. The van der Waals surface area contributed by atoms with Crippen LogP contribution in [0.1, 0.15) is 165 Å². The minimum Gasteiger partial charge on any atom is -0.373 e. The molecule has 4 aromatic carbocycles. The molecule has 0 saturated heterocycles. The molecular weight excluding hydrogens is 741 g/mol. The molecule has 320 valence electrons. The standard InChI is InChI=1S/C58H72N2O/c1-3-5-7-9-11-13-45-15-27-53(28-16-45)57(55-35-31-51(32-36-55)49-23-19-47(43-59)20-24-49)39-41-61-42-40-58(54-29-17-46(18-30-54)14-12-10-8-6-4-2)56-37-33-52(34-38-56)50-25-21-48(44-60)22-26-50/h19-26,31-40,45-46,53-54H,3-18,27-30,41-42H2,1-2H3/t45-,46-,53-,54-. The first kappa shape index (κ1) is 45.8. The second-order valence-corrected chi connectivity index (χ2v) is 18.2. The molecule has 2 fully saturated rings. The fraction of sp³-hybridized carbons (Fsp3) is 0.483. The van der Waals surface area contributed by atoms with Gasteiger partial charge < -0.3 is 4.74 Å². The lowest BCUT2D eigenvalue weighted by atomic mass is 9.75. The molecule has 4 aromatic rings. The van der Waals surface area contributed by atoms with Gasteiger partial charge in [0.15, 0.2) is 0 Å². The van der Waals surface area contributed by atoms with Crippen molar-refractivity contribution in [2.24, 2.45) is 23.7 Å². The average molecular weight is 813 g/mol. The average Bonchev–Trinajstić information content (AvgIpc) is 3.32. The largest absolute Gasteiger partial charge is 0.373 e. The van der Waals surface area contributed by atoms with Crippen LogP contribution >= 0.6 is 0 Å². The summed E-state index contributed by atoms with van der Waals surface area (Å²) in [6.45, 7) is 5.82. The molecule has 2 aliphatic carbocycles. The van der Waals surface area contributed by atoms with Crippen molar-refractivity contribution in [3.63, 3.8) is 0 Å². The zero-order valence-corrected chi connectivity index (χ0v) is 37.6. The highest BCUT2D eigenvalue weighted by Crippen LogP contribution is 2.41. The molecule has 0 spiro atoms. The predicted molar refractivity (Wildman–Crippen MR) is 258 cm³/mol. The summed E-state index contributed by atoms with van der Waals surface area (Å²) in [6.07, 6.45) is 31.6. The van der Waals surface area contributed by atoms with Crippen LogP contribution in [0.4, 0.5) is 0 Å². The van der Waals surface area contributed by atoms with Gasteiger partial charge in [-0.1, -0.05) is 176 Å². The fourth-order valence-corrected chi connectivity index (χ4v) is 10.2. The molecule has 0 aromatic heterocycles. The molecule has 61 heavy (non-hydrogen) atoms. The Morgan fingerprint density at radius 3 is 1.11 bits per heavy atom. The summed E-state index contributed by atoms with van der Waals surface area (Å²) in [7, 11) is 0. The molecule has 2 saturated carbocycles. The van der Waals surface area contributed by atoms with Crippen molar-refractivity contribution in [1.29, 1.82) is 10.5 Å². The monoisotopic (exact) mass is 813 g/mol. The zero-order valence-electron chi connectivity index (χ0n) is 37.6. The Morgan fingerprint density at radius 1 is 0.459 bits per heavy atom. The topological polar surface area (TPSA) is 56.8 Å². The summed E-state index contributed by atoms with van der Waals surface area (Å²) in [4.78, 5) is 0. The highest BCUT2D eigenvalue weighted by molar-refractivity contribution is 5.73. The minimum absolute atomic E-state index is 0.559. The van der Waals surface area contributed by atoms with Crippen molar-refractivity contribution in [2.45, 2.75) is 142 Å². The molecule has 0 unspecified atom stereocenters. The lowest BCUT2D eigenvalue weighted by Crippen LogP contribution is -2.17. The van der Waals surface area contributed by atoms with Gasteiger partial charge in [0.05, 0.1) is 36.5 Å². The highest BCUT2D eigenvalue weighted by atomic mass is 16.5. The molecule has 0 bridgehead atoms. The van der Waals surface area contributed by atoms with Crippen molar-refractivity contribution in [3.8, 4) is 34.4 Å². The molecule has 6 rings (SSSR count). The van der Waals surface area contributed by atoms with Crippen LogP contribution in [0.5, 0.6) is 0 Å². The van der Waals surface area contributed by atoms with Crippen LogP contribution in [-0.4, -0.2) is 13.2 Å². The van der Waals surface area contributed by atoms with Gasteiger partial charge in [0.1, 0.15) is 0 Å². The molecular formula is C58H72N2O. The minimum atomic E-state index is 0.559. The van der Waals surface area contributed by atoms with E-state index in [9.17, 15) is 10.5 Å². The van der Waals surface area contributed by atoms with Gasteiger partial charge in [0, 0.05) is 0 Å². The number of nitriles is 2. The summed E-state index contributed by atoms with van der Waals surface area (Å²) in [5.74, 6) is 2.86. The lowest BCUT2D eigenvalue weighted by Gasteiger charge is -2.31. The summed E-state index contributed by atoms with van der Waals surface area (Å²) >= 11 is 0. The molecule has 0 N–H and O–H groups in total. The van der Waals surface area contributed by atoms with E-state index in [1.807, 2.05) is 24.3 Å². The summed E-state index contributed by atoms with van der Waals surface area (Å²) in [5, 5.41) is 18.6. The Hall–Kier alpha value is -4.70. The highest BCUT2D eigenvalue weighted by Gasteiger charge is 2.26. The lowest BCUT2D eigenvalue weighted by molar-refractivity contribution is 0.193. The number of rotatable bonds is 22. The van der Waals surface area contributed by atoms with Crippen LogP contribution in [0.3, 0.4) is 0 Å². The zero-order chi connectivity index (χ0) is 42.5. The molecule has 0 amide bonds. The Balaban J connectivity index is 1.15. The van der Waals surface area contributed by atoms with Crippen molar-refractivity contribution in [1.82, 2.24) is 0 Å². The van der Waals surface area contributed by atoms with E-state index < -0.39 is 0 Å². The van der Waals surface area contributed by atoms with E-state index in [1.165, 1.54) is 162 Å². The van der Waals surface area contributed by atoms with Crippen LogP contribution in [0.2, 0.25) is 0 Å². The first-order valence-corrected chi connectivity index (χ1v) is 24.3. The second kappa shape index (κ2) is 25.3. The summed E-state index contributed by atoms with van der Waals surface area (Å²) < 4.78 is 6.56. The Morgan fingerprint density at radius 2 is 0.787 bits per heavy atom. The van der Waals surface area contributed by atoms with Crippen molar-refractivity contribution < 1.29 is 4.74 Å². The van der Waals surface area contributed by atoms with Gasteiger partial charge in [0.2, 0.25) is 0 Å². The number of ether oxygens (including phenoxy) is 1. The third kappa shape index (κ3) is 14.2. The molecule has 0 aliphatic heterocycles. The summed E-state index contributed by atoms with van der Waals surface area (Å²) in [6, 6.07) is 38.5. The van der Waals surface area contributed by atoms with E-state index in [4.69, 9.17) is 4.74 Å². The van der Waals surface area contributed by atoms with Crippen LogP contribution in [0.15, 0.2) is 109 Å². The molecule has 0 heterocycles. The van der Waals surface area contributed by atoms with Gasteiger partial charge in [-0.15, -0.1) is 0 Å². The molecule has 0 radical (unpaired) electrons. The quantitative estimate of drug-likeness (QED) is 0.0743. The number of allylic oxidation sites excluding steroid dienone is 2. The number of hydrogen-bond donors (Lipinski definition) is 0. The van der Waals surface area contributed by atoms with Crippen LogP contribution in [-0.2, 0) is 4.74 Å². The normalized spacial score (nSPS) is 19.6. The van der Waals surface area contributed by atoms with Gasteiger partial charge >= 0.3 is 0 Å². The third-order valence-corrected chi connectivity index (χ3v) is 14.0. The Kier molecular flexibility index (Phi) is 19.0. The maximum absolute atomic E-state index is 9.29. The number of hydrogen-bond acceptors (Lipinski definition) is 3. The van der Waals surface area contributed by atoms with Gasteiger partial charge in [-0.25, -0.2) is 0 Å². The third-order valence-electron chi connectivity index (χ3n) is 14.0. The van der Waals surface area contributed by atoms with Gasteiger partial charge in [-0.05, 0) is 144 Å². The fourth-order valence-electron chi connectivity index (χ4n) is 10.2. The van der Waals surface area contributed by atoms with E-state index in [0.717, 1.165) is 23.0 Å². The maximum atomic E-state index is 9.29. The SMILES string of the molecule is CCCCCCC[C@H]1CC[C@H](C(=CCOCC=C(c2ccc(-c3ccc(C#N)cc3)cc2)[C@H]2CC[C@H](CCCCCCC)CC2)c2ccc(-c3ccc(C#N)cc3)cc2)CC1. The molecule has 2 aliphatic rings. The summed E-state index contributed by atoms with van der Waals surface area (Å²) in [5.41, 5.74) is 11.5. The van der Waals surface area contributed by atoms with E-state index in [0.29, 0.717) is 36.2 Å². The predicted octanol–water partition coefficient (Wildman–Crippen LogP) is 16.6. The van der Waals surface area contributed by atoms with E-state index >= 15 is 0 Å². The van der Waals surface area contributed by atoms with E-state index in [2.05, 4.69) is 111 Å². The molecule has 3 nitrogen and oxygen atoms in total. The van der Waals surface area contributed by atoms with Crippen LogP contribution < -0.4 is 0 Å². The van der Waals surface area contributed by atoms with Crippen molar-refractivity contribution in [2.75, 3.05) is 13.2 Å². The molecule has 0 atom stereocenters. The smallest absolute Gasteiger partial charge is 0.0991 e. The second-order valence-electron chi connectivity index (χ2n) is 18.2. The Labute approximate surface area is 370 Å². The first-order chi connectivity index (χ1) is 30.1. The van der Waals surface area contributed by atoms with Gasteiger partial charge in [0.25, 0.3) is 0 Å². The van der Waals surface area contributed by atoms with Gasteiger partial charge in [-0.3, -0.25) is 0 Å². The Bertz CT molecular complexity index is 1860. The van der Waals surface area contributed by atoms with Crippen molar-refractivity contribution >= 4 is 11.1 Å². The number of benzene rings is 4. The van der Waals surface area contributed by atoms with Crippen LogP contribution in [0.25, 0.3) is 33.4 Å². The van der Waals surface area contributed by atoms with E-state index in [1.54, 1.807) is 0 Å².